The third-order valence-electron chi connectivity index (χ3n) is 4.15. The van der Waals surface area contributed by atoms with Crippen LogP contribution in [0.3, 0.4) is 0 Å². The number of hydrogen-bond acceptors (Lipinski definition) is 4. The SMILES string of the molecule is Cc1ccccc1-c1n[nH]c(=S)n1/N=C/c1cn[nH]c1-c1ccc(F)cc1. The van der Waals surface area contributed by atoms with Gasteiger partial charge in [-0.25, -0.2) is 9.49 Å². The predicted octanol–water partition coefficient (Wildman–Crippen LogP) is 4.33. The minimum Gasteiger partial charge on any atom is -0.277 e. The molecule has 8 heteroatoms. The summed E-state index contributed by atoms with van der Waals surface area (Å²) in [4.78, 5) is 0. The van der Waals surface area contributed by atoms with Gasteiger partial charge in [-0.2, -0.15) is 20.0 Å². The molecule has 27 heavy (non-hydrogen) atoms. The molecule has 0 atom stereocenters. The summed E-state index contributed by atoms with van der Waals surface area (Å²) in [7, 11) is 0. The molecule has 2 N–H and O–H groups in total. The molecule has 0 spiro atoms. The zero-order chi connectivity index (χ0) is 18.8. The van der Waals surface area contributed by atoms with E-state index in [0.29, 0.717) is 10.6 Å². The highest BCUT2D eigenvalue weighted by atomic mass is 32.1. The molecule has 2 heterocycles. The van der Waals surface area contributed by atoms with Crippen LogP contribution < -0.4 is 0 Å². The molecule has 2 aromatic carbocycles. The maximum absolute atomic E-state index is 13.2. The lowest BCUT2D eigenvalue weighted by atomic mass is 10.1. The van der Waals surface area contributed by atoms with Gasteiger partial charge in [0.15, 0.2) is 5.82 Å². The second-order valence-corrected chi connectivity index (χ2v) is 6.32. The Morgan fingerprint density at radius 2 is 1.89 bits per heavy atom. The summed E-state index contributed by atoms with van der Waals surface area (Å²) in [6, 6.07) is 14.0. The van der Waals surface area contributed by atoms with Crippen molar-refractivity contribution < 1.29 is 4.39 Å². The molecule has 0 bridgehead atoms. The van der Waals surface area contributed by atoms with E-state index >= 15 is 0 Å². The summed E-state index contributed by atoms with van der Waals surface area (Å²) in [5, 5.41) is 18.6. The number of aromatic nitrogens is 5. The molecule has 0 saturated carbocycles. The number of benzene rings is 2. The molecular formula is C19H15FN6S. The van der Waals surface area contributed by atoms with Gasteiger partial charge in [0.25, 0.3) is 0 Å². The van der Waals surface area contributed by atoms with E-state index in [1.54, 1.807) is 29.2 Å². The summed E-state index contributed by atoms with van der Waals surface area (Å²) in [6.45, 7) is 2.00. The van der Waals surface area contributed by atoms with Crippen molar-refractivity contribution in [3.8, 4) is 22.6 Å². The number of aromatic amines is 2. The quantitative estimate of drug-likeness (QED) is 0.410. The van der Waals surface area contributed by atoms with Crippen LogP contribution in [-0.4, -0.2) is 31.3 Å². The first-order valence-corrected chi connectivity index (χ1v) is 8.61. The number of nitrogens with zero attached hydrogens (tertiary/aromatic N) is 4. The van der Waals surface area contributed by atoms with Gasteiger partial charge >= 0.3 is 0 Å². The second-order valence-electron chi connectivity index (χ2n) is 5.93. The number of rotatable bonds is 4. The van der Waals surface area contributed by atoms with Crippen molar-refractivity contribution in [2.24, 2.45) is 5.10 Å². The summed E-state index contributed by atoms with van der Waals surface area (Å²) in [5.41, 5.74) is 4.31. The Morgan fingerprint density at radius 1 is 1.11 bits per heavy atom. The molecule has 6 nitrogen and oxygen atoms in total. The third kappa shape index (κ3) is 3.34. The number of H-pyrrole nitrogens is 2. The van der Waals surface area contributed by atoms with E-state index < -0.39 is 0 Å². The monoisotopic (exact) mass is 378 g/mol. The van der Waals surface area contributed by atoms with Crippen molar-refractivity contribution >= 4 is 18.4 Å². The van der Waals surface area contributed by atoms with E-state index in [1.807, 2.05) is 31.2 Å². The molecule has 0 fully saturated rings. The normalized spacial score (nSPS) is 11.3. The van der Waals surface area contributed by atoms with Crippen molar-refractivity contribution in [3.05, 3.63) is 76.4 Å². The molecule has 4 aromatic rings. The van der Waals surface area contributed by atoms with Gasteiger partial charge in [-0.05, 0) is 49.0 Å². The minimum atomic E-state index is -0.291. The smallest absolute Gasteiger partial charge is 0.216 e. The summed E-state index contributed by atoms with van der Waals surface area (Å²) < 4.78 is 15.1. The Kier molecular flexibility index (Phi) is 4.47. The molecule has 2 aromatic heterocycles. The van der Waals surface area contributed by atoms with Gasteiger partial charge < -0.3 is 0 Å². The van der Waals surface area contributed by atoms with Crippen LogP contribution >= 0.6 is 12.2 Å². The van der Waals surface area contributed by atoms with Crippen molar-refractivity contribution in [1.29, 1.82) is 0 Å². The summed E-state index contributed by atoms with van der Waals surface area (Å²) >= 11 is 5.32. The van der Waals surface area contributed by atoms with Crippen molar-refractivity contribution in [2.45, 2.75) is 6.92 Å². The van der Waals surface area contributed by atoms with Crippen LogP contribution in [0.15, 0.2) is 59.8 Å². The predicted molar refractivity (Wildman–Crippen MR) is 105 cm³/mol. The van der Waals surface area contributed by atoms with Gasteiger partial charge in [0.05, 0.1) is 18.1 Å². The maximum atomic E-state index is 13.2. The van der Waals surface area contributed by atoms with Crippen LogP contribution in [0.1, 0.15) is 11.1 Å². The Labute approximate surface area is 159 Å². The molecule has 0 amide bonds. The van der Waals surface area contributed by atoms with Gasteiger partial charge in [0.2, 0.25) is 4.77 Å². The van der Waals surface area contributed by atoms with E-state index in [4.69, 9.17) is 12.2 Å². The highest BCUT2D eigenvalue weighted by molar-refractivity contribution is 7.71. The summed E-state index contributed by atoms with van der Waals surface area (Å²) in [5.74, 6) is 0.335. The first-order valence-electron chi connectivity index (χ1n) is 8.20. The second kappa shape index (κ2) is 7.08. The van der Waals surface area contributed by atoms with Gasteiger partial charge in [0, 0.05) is 16.7 Å². The highest BCUT2D eigenvalue weighted by Gasteiger charge is 2.11. The largest absolute Gasteiger partial charge is 0.277 e. The van der Waals surface area contributed by atoms with E-state index in [1.165, 1.54) is 12.1 Å². The van der Waals surface area contributed by atoms with Gasteiger partial charge in [-0.15, -0.1) is 0 Å². The number of halogens is 1. The Morgan fingerprint density at radius 3 is 2.67 bits per heavy atom. The maximum Gasteiger partial charge on any atom is 0.216 e. The van der Waals surface area contributed by atoms with Crippen molar-refractivity contribution in [3.63, 3.8) is 0 Å². The Balaban J connectivity index is 1.73. The van der Waals surface area contributed by atoms with E-state index in [2.05, 4.69) is 25.5 Å². The van der Waals surface area contributed by atoms with Crippen LogP contribution in [0.5, 0.6) is 0 Å². The molecule has 0 radical (unpaired) electrons. The molecule has 0 aliphatic carbocycles. The Bertz CT molecular complexity index is 1170. The van der Waals surface area contributed by atoms with Crippen LogP contribution in [0.2, 0.25) is 0 Å². The van der Waals surface area contributed by atoms with Crippen LogP contribution in [-0.2, 0) is 0 Å². The molecule has 0 saturated heterocycles. The zero-order valence-corrected chi connectivity index (χ0v) is 15.2. The number of hydrogen-bond donors (Lipinski definition) is 2. The van der Waals surface area contributed by atoms with Gasteiger partial charge in [0.1, 0.15) is 5.82 Å². The topological polar surface area (TPSA) is 74.7 Å². The lowest BCUT2D eigenvalue weighted by Gasteiger charge is -2.04. The first kappa shape index (κ1) is 17.0. The molecule has 0 aliphatic rings. The average Bonchev–Trinajstić information content (AvgIpc) is 3.28. The fourth-order valence-electron chi connectivity index (χ4n) is 2.76. The van der Waals surface area contributed by atoms with Crippen LogP contribution in [0.25, 0.3) is 22.6 Å². The highest BCUT2D eigenvalue weighted by Crippen LogP contribution is 2.22. The van der Waals surface area contributed by atoms with Gasteiger partial charge in [-0.1, -0.05) is 24.3 Å². The molecule has 4 rings (SSSR count). The fraction of sp³-hybridized carbons (Fsp3) is 0.0526. The molecular weight excluding hydrogens is 363 g/mol. The molecule has 0 aliphatic heterocycles. The lowest BCUT2D eigenvalue weighted by Crippen LogP contribution is -1.96. The van der Waals surface area contributed by atoms with Crippen molar-refractivity contribution in [2.75, 3.05) is 0 Å². The van der Waals surface area contributed by atoms with Crippen LogP contribution in [0.4, 0.5) is 4.39 Å². The average molecular weight is 378 g/mol. The lowest BCUT2D eigenvalue weighted by molar-refractivity contribution is 0.628. The van der Waals surface area contributed by atoms with Gasteiger partial charge in [-0.3, -0.25) is 5.10 Å². The Hall–Kier alpha value is -3.39. The minimum absolute atomic E-state index is 0.291. The third-order valence-corrected chi connectivity index (χ3v) is 4.41. The van der Waals surface area contributed by atoms with Crippen LogP contribution in [0, 0.1) is 17.5 Å². The molecule has 134 valence electrons. The number of aryl methyl sites for hydroxylation is 1. The first-order chi connectivity index (χ1) is 13.1. The standard InChI is InChI=1S/C19H15FN6S/c1-12-4-2-3-5-16(12)18-24-25-19(27)26(18)22-11-14-10-21-23-17(14)13-6-8-15(20)9-7-13/h2-11H,1H3,(H,21,23)(H,25,27)/b22-11+. The number of nitrogens with one attached hydrogen (secondary N) is 2. The fourth-order valence-corrected chi connectivity index (χ4v) is 2.94. The van der Waals surface area contributed by atoms with E-state index in [9.17, 15) is 4.39 Å². The van der Waals surface area contributed by atoms with Crippen molar-refractivity contribution in [1.82, 2.24) is 25.1 Å². The molecule has 0 unspecified atom stereocenters. The van der Waals surface area contributed by atoms with E-state index in [-0.39, 0.29) is 5.82 Å². The van der Waals surface area contributed by atoms with E-state index in [0.717, 1.165) is 27.9 Å². The zero-order valence-electron chi connectivity index (χ0n) is 14.3. The summed E-state index contributed by atoms with van der Waals surface area (Å²) in [6.07, 6.45) is 3.30.